The van der Waals surface area contributed by atoms with Crippen molar-refractivity contribution in [1.29, 1.82) is 0 Å². The average Bonchev–Trinajstić information content (AvgIpc) is 3.05. The second kappa shape index (κ2) is 7.10. The van der Waals surface area contributed by atoms with Crippen LogP contribution >= 0.6 is 0 Å². The van der Waals surface area contributed by atoms with E-state index in [0.29, 0.717) is 10.9 Å². The van der Waals surface area contributed by atoms with E-state index in [1.807, 2.05) is 0 Å². The molecule has 0 radical (unpaired) electrons. The van der Waals surface area contributed by atoms with Crippen LogP contribution in [0, 0.1) is 0 Å². The Morgan fingerprint density at radius 3 is 2.44 bits per heavy atom. The molecule has 0 saturated heterocycles. The summed E-state index contributed by atoms with van der Waals surface area (Å²) >= 11 is 0. The van der Waals surface area contributed by atoms with Crippen LogP contribution < -0.4 is 5.32 Å². The van der Waals surface area contributed by atoms with E-state index in [2.05, 4.69) is 15.5 Å². The van der Waals surface area contributed by atoms with Gasteiger partial charge in [0.2, 0.25) is 0 Å². The Morgan fingerprint density at radius 2 is 1.78 bits per heavy atom. The molecule has 3 rings (SSSR count). The summed E-state index contributed by atoms with van der Waals surface area (Å²) in [6, 6.07) is 10.9. The smallest absolute Gasteiger partial charge is 0.416 e. The van der Waals surface area contributed by atoms with Crippen LogP contribution in [0.4, 0.5) is 18.9 Å². The molecule has 2 aromatic carbocycles. The van der Waals surface area contributed by atoms with Gasteiger partial charge in [0.1, 0.15) is 0 Å². The average molecular weight is 377 g/mol. The molecular formula is C18H14F3N3O3. The topological polar surface area (TPSA) is 84.1 Å². The van der Waals surface area contributed by atoms with E-state index < -0.39 is 29.7 Å². The van der Waals surface area contributed by atoms with Crippen molar-refractivity contribution >= 4 is 28.5 Å². The Bertz CT molecular complexity index is 981. The molecule has 140 valence electrons. The number of nitrogens with zero attached hydrogens (tertiary/aromatic N) is 1. The van der Waals surface area contributed by atoms with Crippen molar-refractivity contribution in [2.45, 2.75) is 19.2 Å². The molecule has 3 aromatic rings. The number of hydrogen-bond donors (Lipinski definition) is 2. The third-order valence-corrected chi connectivity index (χ3v) is 3.80. The minimum atomic E-state index is -4.46. The third-order valence-electron chi connectivity index (χ3n) is 3.80. The van der Waals surface area contributed by atoms with Crippen molar-refractivity contribution in [3.05, 3.63) is 59.8 Å². The van der Waals surface area contributed by atoms with Gasteiger partial charge in [-0.25, -0.2) is 4.79 Å². The number of rotatable bonds is 4. The van der Waals surface area contributed by atoms with E-state index in [0.717, 1.165) is 24.3 Å². The van der Waals surface area contributed by atoms with E-state index in [1.165, 1.54) is 6.92 Å². The minimum absolute atomic E-state index is 0.0415. The molecule has 1 aromatic heterocycles. The van der Waals surface area contributed by atoms with Crippen molar-refractivity contribution in [2.75, 3.05) is 5.32 Å². The lowest BCUT2D eigenvalue weighted by molar-refractivity contribution is -0.137. The molecule has 0 fully saturated rings. The molecular weight excluding hydrogens is 363 g/mol. The highest BCUT2D eigenvalue weighted by Gasteiger charge is 2.30. The number of alkyl halides is 3. The number of benzene rings is 2. The number of carbonyl (C=O) groups is 2. The van der Waals surface area contributed by atoms with Crippen molar-refractivity contribution < 1.29 is 27.5 Å². The molecule has 0 bridgehead atoms. The van der Waals surface area contributed by atoms with Crippen molar-refractivity contribution in [3.63, 3.8) is 0 Å². The Labute approximate surface area is 151 Å². The summed E-state index contributed by atoms with van der Waals surface area (Å²) < 4.78 is 42.7. The lowest BCUT2D eigenvalue weighted by Crippen LogP contribution is -2.30. The van der Waals surface area contributed by atoms with Gasteiger partial charge < -0.3 is 10.1 Å². The van der Waals surface area contributed by atoms with Crippen LogP contribution in [0.15, 0.2) is 48.5 Å². The Kier molecular flexibility index (Phi) is 4.85. The Morgan fingerprint density at radius 1 is 1.11 bits per heavy atom. The predicted octanol–water partition coefficient (Wildman–Crippen LogP) is 3.77. The number of para-hydroxylation sites is 1. The van der Waals surface area contributed by atoms with Crippen molar-refractivity contribution in [2.24, 2.45) is 0 Å². The summed E-state index contributed by atoms with van der Waals surface area (Å²) in [6.45, 7) is 1.35. The fourth-order valence-electron chi connectivity index (χ4n) is 2.38. The van der Waals surface area contributed by atoms with Crippen LogP contribution in [0.1, 0.15) is 23.0 Å². The lowest BCUT2D eigenvalue weighted by atomic mass is 10.2. The first kappa shape index (κ1) is 18.4. The highest BCUT2D eigenvalue weighted by molar-refractivity contribution is 6.03. The highest BCUT2D eigenvalue weighted by Crippen LogP contribution is 2.29. The van der Waals surface area contributed by atoms with Gasteiger partial charge in [0.15, 0.2) is 11.8 Å². The summed E-state index contributed by atoms with van der Waals surface area (Å²) in [5.41, 5.74) is 0.0117. The number of H-pyrrole nitrogens is 1. The number of fused-ring (bicyclic) bond motifs is 1. The normalized spacial score (nSPS) is 12.6. The molecule has 0 saturated carbocycles. The fraction of sp³-hybridized carbons (Fsp3) is 0.167. The largest absolute Gasteiger partial charge is 0.448 e. The molecule has 6 nitrogen and oxygen atoms in total. The van der Waals surface area contributed by atoms with Crippen LogP contribution in [0.25, 0.3) is 10.9 Å². The van der Waals surface area contributed by atoms with E-state index in [4.69, 9.17) is 4.74 Å². The van der Waals surface area contributed by atoms with E-state index in [9.17, 15) is 22.8 Å². The van der Waals surface area contributed by atoms with Crippen LogP contribution in [0.5, 0.6) is 0 Å². The Hall–Kier alpha value is -3.36. The van der Waals surface area contributed by atoms with Gasteiger partial charge in [-0.2, -0.15) is 18.3 Å². The maximum absolute atomic E-state index is 12.5. The minimum Gasteiger partial charge on any atom is -0.448 e. The molecule has 0 aliphatic carbocycles. The van der Waals surface area contributed by atoms with Crippen LogP contribution in [-0.2, 0) is 15.7 Å². The number of anilines is 1. The molecule has 1 atom stereocenters. The summed E-state index contributed by atoms with van der Waals surface area (Å²) in [5, 5.41) is 9.52. The Balaban J connectivity index is 1.64. The van der Waals surface area contributed by atoms with Crippen LogP contribution in [0.3, 0.4) is 0 Å². The third kappa shape index (κ3) is 4.08. The second-order valence-electron chi connectivity index (χ2n) is 5.73. The number of esters is 1. The zero-order valence-corrected chi connectivity index (χ0v) is 14.0. The lowest BCUT2D eigenvalue weighted by Gasteiger charge is -2.13. The summed E-state index contributed by atoms with van der Waals surface area (Å²) in [6.07, 6.45) is -5.63. The van der Waals surface area contributed by atoms with Crippen molar-refractivity contribution in [1.82, 2.24) is 10.2 Å². The first-order valence-corrected chi connectivity index (χ1v) is 7.88. The van der Waals surface area contributed by atoms with Gasteiger partial charge in [0.25, 0.3) is 5.91 Å². The zero-order valence-electron chi connectivity index (χ0n) is 14.0. The van der Waals surface area contributed by atoms with Gasteiger partial charge in [-0.05, 0) is 37.3 Å². The molecule has 1 heterocycles. The summed E-state index contributed by atoms with van der Waals surface area (Å²) in [5.74, 6) is -1.47. The van der Waals surface area contributed by atoms with Crippen LogP contribution in [-0.4, -0.2) is 28.2 Å². The number of aromatic amines is 1. The van der Waals surface area contributed by atoms with Gasteiger partial charge in [-0.1, -0.05) is 18.2 Å². The number of ether oxygens (including phenoxy) is 1. The molecule has 0 unspecified atom stereocenters. The van der Waals surface area contributed by atoms with E-state index in [1.54, 1.807) is 24.3 Å². The number of nitrogens with one attached hydrogen (secondary N) is 2. The molecule has 9 heteroatoms. The maximum atomic E-state index is 12.5. The highest BCUT2D eigenvalue weighted by atomic mass is 19.4. The molecule has 0 aliphatic heterocycles. The first-order chi connectivity index (χ1) is 12.8. The monoisotopic (exact) mass is 377 g/mol. The fourth-order valence-corrected chi connectivity index (χ4v) is 2.38. The first-order valence-electron chi connectivity index (χ1n) is 7.88. The van der Waals surface area contributed by atoms with Gasteiger partial charge in [-0.15, -0.1) is 0 Å². The predicted molar refractivity (Wildman–Crippen MR) is 91.0 cm³/mol. The second-order valence-corrected chi connectivity index (χ2v) is 5.73. The van der Waals surface area contributed by atoms with E-state index in [-0.39, 0.29) is 11.4 Å². The molecule has 2 N–H and O–H groups in total. The van der Waals surface area contributed by atoms with Gasteiger partial charge in [0, 0.05) is 11.1 Å². The van der Waals surface area contributed by atoms with Gasteiger partial charge in [-0.3, -0.25) is 9.89 Å². The number of hydrogen-bond acceptors (Lipinski definition) is 4. The number of amides is 1. The summed E-state index contributed by atoms with van der Waals surface area (Å²) in [4.78, 5) is 24.4. The van der Waals surface area contributed by atoms with Crippen LogP contribution in [0.2, 0.25) is 0 Å². The SMILES string of the molecule is C[C@@H](OC(=O)c1n[nH]c2ccccc12)C(=O)Nc1ccc(C(F)(F)F)cc1. The summed E-state index contributed by atoms with van der Waals surface area (Å²) in [7, 11) is 0. The molecule has 1 amide bonds. The standard InChI is InChI=1S/C18H14F3N3O3/c1-10(16(25)22-12-8-6-11(7-9-12)18(19,20)21)27-17(26)15-13-4-2-3-5-14(13)23-24-15/h2-10H,1H3,(H,22,25)(H,23,24)/t10-/m1/s1. The molecule has 27 heavy (non-hydrogen) atoms. The zero-order chi connectivity index (χ0) is 19.6. The number of halogens is 3. The maximum Gasteiger partial charge on any atom is 0.416 e. The van der Waals surface area contributed by atoms with Gasteiger partial charge in [0.05, 0.1) is 11.1 Å². The molecule has 0 aliphatic rings. The molecule has 0 spiro atoms. The van der Waals surface area contributed by atoms with Crippen molar-refractivity contribution in [3.8, 4) is 0 Å². The van der Waals surface area contributed by atoms with Gasteiger partial charge >= 0.3 is 12.1 Å². The number of aromatic nitrogens is 2. The number of carbonyl (C=O) groups excluding carboxylic acids is 2. The van der Waals surface area contributed by atoms with E-state index >= 15 is 0 Å². The quantitative estimate of drug-likeness (QED) is 0.678.